The average Bonchev–Trinajstić information content (AvgIpc) is 3.49. The number of benzene rings is 1. The minimum absolute atomic E-state index is 0.0474. The van der Waals surface area contributed by atoms with Gasteiger partial charge in [-0.05, 0) is 56.9 Å². The van der Waals surface area contributed by atoms with Crippen LogP contribution in [0.25, 0.3) is 11.3 Å². The van der Waals surface area contributed by atoms with Crippen molar-refractivity contribution in [3.05, 3.63) is 42.4 Å². The van der Waals surface area contributed by atoms with Crippen molar-refractivity contribution in [2.24, 2.45) is 10.8 Å². The normalized spacial score (nSPS) is 31.2. The second kappa shape index (κ2) is 7.57. The molecule has 7 rings (SSSR count). The number of Topliss-reactive ketones (excluding diaryl/α,β-unsaturated/α-hetero) is 1. The molecule has 168 valence electrons. The van der Waals surface area contributed by atoms with Crippen LogP contribution in [0.3, 0.4) is 0 Å². The molecule has 2 heterocycles. The largest absolute Gasteiger partial charge is 0.353 e. The van der Waals surface area contributed by atoms with E-state index in [2.05, 4.69) is 39.1 Å². The van der Waals surface area contributed by atoms with Crippen molar-refractivity contribution >= 4 is 11.7 Å². The molecule has 1 unspecified atom stereocenters. The van der Waals surface area contributed by atoms with Gasteiger partial charge in [0, 0.05) is 28.9 Å². The Hall–Kier alpha value is -2.43. The minimum atomic E-state index is -0.244. The van der Waals surface area contributed by atoms with Crippen molar-refractivity contribution in [3.8, 4) is 11.3 Å². The lowest BCUT2D eigenvalue weighted by molar-refractivity contribution is -0.139. The zero-order valence-electron chi connectivity index (χ0n) is 18.8. The molecule has 1 aromatic heterocycles. The molecule has 5 nitrogen and oxygen atoms in total. The highest BCUT2D eigenvalue weighted by molar-refractivity contribution is 5.88. The van der Waals surface area contributed by atoms with E-state index in [1.165, 1.54) is 24.0 Å². The van der Waals surface area contributed by atoms with Crippen LogP contribution in [0.15, 0.2) is 36.8 Å². The lowest BCUT2D eigenvalue weighted by atomic mass is 9.62. The molecule has 1 atom stereocenters. The van der Waals surface area contributed by atoms with Crippen LogP contribution in [0.4, 0.5) is 0 Å². The van der Waals surface area contributed by atoms with Gasteiger partial charge in [0.1, 0.15) is 5.78 Å². The monoisotopic (exact) mass is 431 g/mol. The molecule has 1 aromatic carbocycles. The molecule has 4 saturated carbocycles. The van der Waals surface area contributed by atoms with E-state index in [1.807, 2.05) is 12.5 Å². The van der Waals surface area contributed by atoms with Gasteiger partial charge in [-0.15, -0.1) is 0 Å². The van der Waals surface area contributed by atoms with Gasteiger partial charge in [0.05, 0.1) is 24.3 Å². The van der Waals surface area contributed by atoms with Crippen LogP contribution in [-0.4, -0.2) is 27.3 Å². The van der Waals surface area contributed by atoms with Crippen LogP contribution in [-0.2, 0) is 9.59 Å². The van der Waals surface area contributed by atoms with Gasteiger partial charge in [0.15, 0.2) is 0 Å². The van der Waals surface area contributed by atoms with E-state index < -0.39 is 0 Å². The molecule has 0 saturated heterocycles. The second-order valence-corrected chi connectivity index (χ2v) is 10.8. The summed E-state index contributed by atoms with van der Waals surface area (Å²) < 4.78 is 2.18. The van der Waals surface area contributed by atoms with Gasteiger partial charge in [-0.1, -0.05) is 43.5 Å². The summed E-state index contributed by atoms with van der Waals surface area (Å²) in [5, 5.41) is 3.38. The van der Waals surface area contributed by atoms with E-state index in [0.29, 0.717) is 18.2 Å². The third kappa shape index (κ3) is 3.07. The molecule has 2 bridgehead atoms. The Morgan fingerprint density at radius 2 is 1.69 bits per heavy atom. The summed E-state index contributed by atoms with van der Waals surface area (Å²) in [6.45, 7) is 0. The molecule has 5 heteroatoms. The predicted octanol–water partition coefficient (Wildman–Crippen LogP) is 5.20. The Kier molecular flexibility index (Phi) is 4.78. The van der Waals surface area contributed by atoms with E-state index >= 15 is 0 Å². The fourth-order valence-corrected chi connectivity index (χ4v) is 7.17. The van der Waals surface area contributed by atoms with Crippen molar-refractivity contribution in [2.75, 3.05) is 0 Å². The van der Waals surface area contributed by atoms with Crippen molar-refractivity contribution in [2.45, 2.75) is 89.1 Å². The lowest BCUT2D eigenvalue weighted by Crippen LogP contribution is -2.47. The summed E-state index contributed by atoms with van der Waals surface area (Å²) >= 11 is 0. The van der Waals surface area contributed by atoms with Crippen molar-refractivity contribution in [1.82, 2.24) is 14.9 Å². The molecular formula is C27H33N3O2. The molecule has 0 spiro atoms. The smallest absolute Gasteiger partial charge is 0.226 e. The summed E-state index contributed by atoms with van der Waals surface area (Å²) in [7, 11) is 0. The first-order chi connectivity index (χ1) is 15.6. The maximum atomic E-state index is 13.8. The van der Waals surface area contributed by atoms with Gasteiger partial charge in [0.2, 0.25) is 5.91 Å². The average molecular weight is 432 g/mol. The molecule has 2 aromatic rings. The third-order valence-corrected chi connectivity index (χ3v) is 9.21. The van der Waals surface area contributed by atoms with Gasteiger partial charge in [0.25, 0.3) is 0 Å². The van der Waals surface area contributed by atoms with Crippen LogP contribution in [0.1, 0.15) is 88.7 Å². The molecule has 32 heavy (non-hydrogen) atoms. The number of carbonyl (C=O) groups is 2. The number of aromatic nitrogens is 2. The van der Waals surface area contributed by atoms with Crippen molar-refractivity contribution in [3.63, 3.8) is 0 Å². The number of nitrogens with one attached hydrogen (secondary N) is 1. The first kappa shape index (κ1) is 20.2. The number of hydrogen-bond acceptors (Lipinski definition) is 3. The molecule has 4 fully saturated rings. The minimum Gasteiger partial charge on any atom is -0.353 e. The molecule has 5 aliphatic rings. The maximum absolute atomic E-state index is 13.8. The van der Waals surface area contributed by atoms with Crippen LogP contribution in [0.5, 0.6) is 0 Å². The van der Waals surface area contributed by atoms with E-state index in [4.69, 9.17) is 0 Å². The molecular weight excluding hydrogens is 398 g/mol. The number of rotatable bonds is 5. The second-order valence-electron chi connectivity index (χ2n) is 10.8. The highest BCUT2D eigenvalue weighted by atomic mass is 16.2. The summed E-state index contributed by atoms with van der Waals surface area (Å²) in [6.07, 6.45) is 15.4. The molecule has 1 N–H and O–H groups in total. The van der Waals surface area contributed by atoms with Crippen molar-refractivity contribution in [1.29, 1.82) is 0 Å². The third-order valence-electron chi connectivity index (χ3n) is 9.21. The number of carbonyl (C=O) groups excluding carboxylic acids is 2. The zero-order valence-corrected chi connectivity index (χ0v) is 18.8. The van der Waals surface area contributed by atoms with E-state index in [1.54, 1.807) is 0 Å². The van der Waals surface area contributed by atoms with E-state index in [0.717, 1.165) is 63.5 Å². The Morgan fingerprint density at radius 1 is 0.969 bits per heavy atom. The summed E-state index contributed by atoms with van der Waals surface area (Å²) in [4.78, 5) is 31.5. The molecule has 1 aliphatic heterocycles. The lowest BCUT2D eigenvalue weighted by Gasteiger charge is -2.42. The molecule has 0 radical (unpaired) electrons. The van der Waals surface area contributed by atoms with Crippen LogP contribution >= 0.6 is 0 Å². The van der Waals surface area contributed by atoms with Crippen LogP contribution in [0.2, 0.25) is 0 Å². The quantitative estimate of drug-likeness (QED) is 0.707. The van der Waals surface area contributed by atoms with Gasteiger partial charge in [-0.25, -0.2) is 4.98 Å². The van der Waals surface area contributed by atoms with Gasteiger partial charge in [-0.2, -0.15) is 0 Å². The standard InChI is InChI=1S/C27H33N3O2/c31-24(16-22-20-8-3-4-9-21(20)23-17-28-18-30(22)23)26-10-5-11-27(14-12-26,15-13-26)25(32)29-19-6-1-2-7-19/h3-4,8-9,17-19,22H,1-2,5-7,10-16H2,(H,29,32). The van der Waals surface area contributed by atoms with Gasteiger partial charge in [-0.3, -0.25) is 9.59 Å². The number of fused-ring (bicyclic) bond motifs is 7. The number of imidazole rings is 1. The highest BCUT2D eigenvalue weighted by Crippen LogP contribution is 2.56. The Labute approximate surface area is 190 Å². The van der Waals surface area contributed by atoms with Crippen molar-refractivity contribution < 1.29 is 9.59 Å². The Bertz CT molecular complexity index is 1040. The van der Waals surface area contributed by atoms with E-state index in [9.17, 15) is 9.59 Å². The van der Waals surface area contributed by atoms with Gasteiger partial charge < -0.3 is 9.88 Å². The summed E-state index contributed by atoms with van der Waals surface area (Å²) in [6, 6.07) is 8.84. The Balaban J connectivity index is 1.19. The topological polar surface area (TPSA) is 64.0 Å². The van der Waals surface area contributed by atoms with Gasteiger partial charge >= 0.3 is 0 Å². The highest BCUT2D eigenvalue weighted by Gasteiger charge is 2.52. The fourth-order valence-electron chi connectivity index (χ4n) is 7.17. The summed E-state index contributed by atoms with van der Waals surface area (Å²) in [5.41, 5.74) is 3.08. The van der Waals surface area contributed by atoms with E-state index in [-0.39, 0.29) is 22.8 Å². The molecule has 1 amide bonds. The number of hydrogen-bond donors (Lipinski definition) is 1. The number of amides is 1. The van der Waals surface area contributed by atoms with Crippen LogP contribution in [0, 0.1) is 10.8 Å². The number of ketones is 1. The fraction of sp³-hybridized carbons (Fsp3) is 0.593. The Morgan fingerprint density at radius 3 is 2.50 bits per heavy atom. The molecule has 4 aliphatic carbocycles. The maximum Gasteiger partial charge on any atom is 0.226 e. The summed E-state index contributed by atoms with van der Waals surface area (Å²) in [5.74, 6) is 0.672. The first-order valence-corrected chi connectivity index (χ1v) is 12.6. The zero-order chi connectivity index (χ0) is 21.8. The predicted molar refractivity (Wildman–Crippen MR) is 123 cm³/mol. The first-order valence-electron chi connectivity index (χ1n) is 12.6. The number of nitrogens with zero attached hydrogens (tertiary/aromatic N) is 2. The van der Waals surface area contributed by atoms with Crippen LogP contribution < -0.4 is 5.32 Å². The SMILES string of the molecule is O=C(CC1c2ccccc2-c2cncn21)C12CCCC(C(=O)NC3CCCC3)(CC1)CC2.